The van der Waals surface area contributed by atoms with Crippen molar-refractivity contribution in [2.75, 3.05) is 11.1 Å². The Labute approximate surface area is 117 Å². The molecule has 0 saturated heterocycles. The molecule has 3 N–H and O–H groups in total. The zero-order valence-electron chi connectivity index (χ0n) is 11.2. The maximum atomic E-state index is 12.2. The van der Waals surface area contributed by atoms with Gasteiger partial charge in [0.05, 0.1) is 18.1 Å². The van der Waals surface area contributed by atoms with Crippen molar-refractivity contribution in [3.05, 3.63) is 59.2 Å². The molecular weight excluding hydrogens is 250 g/mol. The molecule has 1 amide bonds. The number of benzene rings is 2. The molecule has 2 aromatic carbocycles. The first-order valence-corrected chi connectivity index (χ1v) is 6.23. The molecule has 0 saturated carbocycles. The van der Waals surface area contributed by atoms with Gasteiger partial charge in [0.1, 0.15) is 0 Å². The molecule has 0 unspecified atom stereocenters. The first-order valence-electron chi connectivity index (χ1n) is 6.23. The molecule has 0 fully saturated rings. The Morgan fingerprint density at radius 3 is 2.60 bits per heavy atom. The SMILES string of the molecule is Cc1ccc(N)c(C(=O)Nc2ccc(CC#N)cc2)c1. The van der Waals surface area contributed by atoms with Crippen LogP contribution in [-0.4, -0.2) is 5.91 Å². The third-order valence-electron chi connectivity index (χ3n) is 2.95. The van der Waals surface area contributed by atoms with Gasteiger partial charge in [-0.3, -0.25) is 4.79 Å². The quantitative estimate of drug-likeness (QED) is 0.837. The minimum absolute atomic E-state index is 0.237. The molecule has 0 aliphatic carbocycles. The van der Waals surface area contributed by atoms with Crippen LogP contribution >= 0.6 is 0 Å². The van der Waals surface area contributed by atoms with Crippen LogP contribution in [0.3, 0.4) is 0 Å². The van der Waals surface area contributed by atoms with E-state index < -0.39 is 0 Å². The highest BCUT2D eigenvalue weighted by Crippen LogP contribution is 2.17. The van der Waals surface area contributed by atoms with Crippen molar-refractivity contribution in [1.82, 2.24) is 0 Å². The molecule has 4 heteroatoms. The lowest BCUT2D eigenvalue weighted by Gasteiger charge is -2.08. The van der Waals surface area contributed by atoms with Crippen molar-refractivity contribution < 1.29 is 4.79 Å². The minimum atomic E-state index is -0.237. The maximum absolute atomic E-state index is 12.2. The molecule has 4 nitrogen and oxygen atoms in total. The molecule has 0 atom stereocenters. The van der Waals surface area contributed by atoms with Gasteiger partial charge in [0.25, 0.3) is 5.91 Å². The zero-order chi connectivity index (χ0) is 14.5. The van der Waals surface area contributed by atoms with Gasteiger partial charge in [0.2, 0.25) is 0 Å². The van der Waals surface area contributed by atoms with E-state index in [0.717, 1.165) is 11.1 Å². The fraction of sp³-hybridized carbons (Fsp3) is 0.125. The lowest BCUT2D eigenvalue weighted by Crippen LogP contribution is -2.14. The Kier molecular flexibility index (Phi) is 4.02. The normalized spacial score (nSPS) is 9.80. The van der Waals surface area contributed by atoms with E-state index in [9.17, 15) is 4.79 Å². The molecule has 0 radical (unpaired) electrons. The second-order valence-corrected chi connectivity index (χ2v) is 4.58. The van der Waals surface area contributed by atoms with Gasteiger partial charge in [0.15, 0.2) is 0 Å². The Morgan fingerprint density at radius 2 is 1.95 bits per heavy atom. The van der Waals surface area contributed by atoms with Gasteiger partial charge < -0.3 is 11.1 Å². The number of rotatable bonds is 3. The number of nitriles is 1. The van der Waals surface area contributed by atoms with Crippen LogP contribution in [0, 0.1) is 18.3 Å². The molecule has 2 aromatic rings. The van der Waals surface area contributed by atoms with E-state index in [2.05, 4.69) is 11.4 Å². The molecule has 0 spiro atoms. The van der Waals surface area contributed by atoms with Crippen LogP contribution in [-0.2, 0) is 6.42 Å². The number of carbonyl (C=O) groups excluding carboxylic acids is 1. The topological polar surface area (TPSA) is 78.9 Å². The summed E-state index contributed by atoms with van der Waals surface area (Å²) in [5, 5.41) is 11.4. The standard InChI is InChI=1S/C16H15N3O/c1-11-2-7-15(18)14(10-11)16(20)19-13-5-3-12(4-6-13)8-9-17/h2-7,10H,8,18H2,1H3,(H,19,20). The fourth-order valence-corrected chi connectivity index (χ4v) is 1.86. The molecule has 2 rings (SSSR count). The molecular formula is C16H15N3O. The summed E-state index contributed by atoms with van der Waals surface area (Å²) in [6, 6.07) is 14.6. The molecule has 0 heterocycles. The Morgan fingerprint density at radius 1 is 1.25 bits per heavy atom. The van der Waals surface area contributed by atoms with Gasteiger partial charge in [-0.25, -0.2) is 0 Å². The Balaban J connectivity index is 2.15. The average Bonchev–Trinajstić information content (AvgIpc) is 2.44. The molecule has 0 aliphatic rings. The van der Waals surface area contributed by atoms with Crippen LogP contribution in [0.4, 0.5) is 11.4 Å². The number of anilines is 2. The smallest absolute Gasteiger partial charge is 0.257 e. The molecule has 0 aliphatic heterocycles. The van der Waals surface area contributed by atoms with Crippen molar-refractivity contribution in [2.45, 2.75) is 13.3 Å². The number of nitrogens with one attached hydrogen (secondary N) is 1. The lowest BCUT2D eigenvalue weighted by atomic mass is 10.1. The van der Waals surface area contributed by atoms with Crippen LogP contribution < -0.4 is 11.1 Å². The van der Waals surface area contributed by atoms with Crippen molar-refractivity contribution in [1.29, 1.82) is 5.26 Å². The van der Waals surface area contributed by atoms with Gasteiger partial charge in [-0.1, -0.05) is 23.8 Å². The number of nitrogen functional groups attached to an aromatic ring is 1. The predicted molar refractivity (Wildman–Crippen MR) is 79.3 cm³/mol. The summed E-state index contributed by atoms with van der Waals surface area (Å²) in [5.74, 6) is -0.237. The maximum Gasteiger partial charge on any atom is 0.257 e. The number of carbonyl (C=O) groups is 1. The summed E-state index contributed by atoms with van der Waals surface area (Å²) in [6.07, 6.45) is 0.360. The number of hydrogen-bond donors (Lipinski definition) is 2. The van der Waals surface area contributed by atoms with Gasteiger partial charge in [-0.2, -0.15) is 5.26 Å². The highest BCUT2D eigenvalue weighted by molar-refractivity contribution is 6.07. The highest BCUT2D eigenvalue weighted by Gasteiger charge is 2.10. The Hall–Kier alpha value is -2.80. The number of nitrogens with two attached hydrogens (primary N) is 1. The number of aryl methyl sites for hydroxylation is 1. The lowest BCUT2D eigenvalue weighted by molar-refractivity contribution is 0.102. The monoisotopic (exact) mass is 265 g/mol. The van der Waals surface area contributed by atoms with Crippen molar-refractivity contribution in [2.24, 2.45) is 0 Å². The van der Waals surface area contributed by atoms with E-state index in [4.69, 9.17) is 11.0 Å². The van der Waals surface area contributed by atoms with Crippen LogP contribution in [0.15, 0.2) is 42.5 Å². The van der Waals surface area contributed by atoms with Crippen LogP contribution in [0.2, 0.25) is 0 Å². The summed E-state index contributed by atoms with van der Waals surface area (Å²) in [6.45, 7) is 1.91. The Bertz CT molecular complexity index is 669. The van der Waals surface area contributed by atoms with E-state index in [1.807, 2.05) is 25.1 Å². The van der Waals surface area contributed by atoms with E-state index in [1.54, 1.807) is 24.3 Å². The van der Waals surface area contributed by atoms with Gasteiger partial charge >= 0.3 is 0 Å². The first-order chi connectivity index (χ1) is 9.60. The third-order valence-corrected chi connectivity index (χ3v) is 2.95. The average molecular weight is 265 g/mol. The zero-order valence-corrected chi connectivity index (χ0v) is 11.2. The predicted octanol–water partition coefficient (Wildman–Crippen LogP) is 2.90. The largest absolute Gasteiger partial charge is 0.398 e. The number of nitrogens with zero attached hydrogens (tertiary/aromatic N) is 1. The van der Waals surface area contributed by atoms with Crippen molar-refractivity contribution in [3.8, 4) is 6.07 Å². The van der Waals surface area contributed by atoms with E-state index in [1.165, 1.54) is 0 Å². The molecule has 100 valence electrons. The van der Waals surface area contributed by atoms with Crippen molar-refractivity contribution >= 4 is 17.3 Å². The van der Waals surface area contributed by atoms with E-state index in [0.29, 0.717) is 23.4 Å². The van der Waals surface area contributed by atoms with Gasteiger partial charge in [0, 0.05) is 11.4 Å². The van der Waals surface area contributed by atoms with E-state index >= 15 is 0 Å². The number of amides is 1. The van der Waals surface area contributed by atoms with Crippen molar-refractivity contribution in [3.63, 3.8) is 0 Å². The molecule has 0 bridgehead atoms. The van der Waals surface area contributed by atoms with E-state index in [-0.39, 0.29) is 5.91 Å². The van der Waals surface area contributed by atoms with Gasteiger partial charge in [-0.05, 0) is 36.8 Å². The molecule has 0 aromatic heterocycles. The summed E-state index contributed by atoms with van der Waals surface area (Å²) in [4.78, 5) is 12.2. The second kappa shape index (κ2) is 5.89. The van der Waals surface area contributed by atoms with Crippen LogP contribution in [0.1, 0.15) is 21.5 Å². The summed E-state index contributed by atoms with van der Waals surface area (Å²) >= 11 is 0. The minimum Gasteiger partial charge on any atom is -0.398 e. The fourth-order valence-electron chi connectivity index (χ4n) is 1.86. The van der Waals surface area contributed by atoms with Gasteiger partial charge in [-0.15, -0.1) is 0 Å². The van der Waals surface area contributed by atoms with Crippen LogP contribution in [0.25, 0.3) is 0 Å². The molecule has 20 heavy (non-hydrogen) atoms. The van der Waals surface area contributed by atoms with Crippen LogP contribution in [0.5, 0.6) is 0 Å². The highest BCUT2D eigenvalue weighted by atomic mass is 16.1. The number of hydrogen-bond acceptors (Lipinski definition) is 3. The third kappa shape index (κ3) is 3.15. The summed E-state index contributed by atoms with van der Waals surface area (Å²) in [7, 11) is 0. The summed E-state index contributed by atoms with van der Waals surface area (Å²) in [5.41, 5.74) is 9.30. The second-order valence-electron chi connectivity index (χ2n) is 4.58. The first kappa shape index (κ1) is 13.6. The summed E-state index contributed by atoms with van der Waals surface area (Å²) < 4.78 is 0.